The van der Waals surface area contributed by atoms with E-state index in [4.69, 9.17) is 5.11 Å². The van der Waals surface area contributed by atoms with E-state index in [1.807, 2.05) is 12.1 Å². The molecule has 0 bridgehead atoms. The minimum absolute atomic E-state index is 0.132. The molecule has 3 heteroatoms. The van der Waals surface area contributed by atoms with Crippen LogP contribution in [0.5, 0.6) is 0 Å². The Morgan fingerprint density at radius 1 is 1.47 bits per heavy atom. The number of anilines is 1. The molecule has 2 rings (SSSR count). The fourth-order valence-corrected chi connectivity index (χ4v) is 3.27. The zero-order valence-electron chi connectivity index (χ0n) is 12.2. The average Bonchev–Trinajstić information content (AvgIpc) is 2.33. The van der Waals surface area contributed by atoms with Crippen molar-refractivity contribution in [1.82, 2.24) is 0 Å². The first-order valence-electron chi connectivity index (χ1n) is 7.01. The largest absolute Gasteiger partial charge is 0.478 e. The van der Waals surface area contributed by atoms with Crippen LogP contribution in [0.25, 0.3) is 0 Å². The van der Waals surface area contributed by atoms with E-state index in [2.05, 4.69) is 32.6 Å². The van der Waals surface area contributed by atoms with Crippen LogP contribution in [0.1, 0.15) is 62.4 Å². The van der Waals surface area contributed by atoms with Crippen molar-refractivity contribution >= 4 is 11.7 Å². The summed E-state index contributed by atoms with van der Waals surface area (Å²) < 4.78 is 0. The van der Waals surface area contributed by atoms with Gasteiger partial charge in [0.05, 0.1) is 5.56 Å². The summed E-state index contributed by atoms with van der Waals surface area (Å²) >= 11 is 0. The van der Waals surface area contributed by atoms with Gasteiger partial charge < -0.3 is 10.0 Å². The number of benzene rings is 1. The van der Waals surface area contributed by atoms with Crippen molar-refractivity contribution in [2.45, 2.75) is 52.0 Å². The fourth-order valence-electron chi connectivity index (χ4n) is 3.27. The molecule has 0 aromatic heterocycles. The van der Waals surface area contributed by atoms with Crippen LogP contribution in [0.3, 0.4) is 0 Å². The van der Waals surface area contributed by atoms with Crippen LogP contribution in [0, 0.1) is 0 Å². The lowest BCUT2D eigenvalue weighted by Gasteiger charge is -2.47. The van der Waals surface area contributed by atoms with Crippen LogP contribution in [0.2, 0.25) is 0 Å². The van der Waals surface area contributed by atoms with E-state index in [0.717, 1.165) is 19.4 Å². The Kier molecular flexibility index (Phi) is 3.57. The predicted molar refractivity (Wildman–Crippen MR) is 78.1 cm³/mol. The SMILES string of the molecule is CCCN1c2ccc(C(=O)O)cc2C(C)CC1(C)C. The molecule has 1 unspecified atom stereocenters. The topological polar surface area (TPSA) is 40.5 Å². The summed E-state index contributed by atoms with van der Waals surface area (Å²) in [4.78, 5) is 13.5. The number of hydrogen-bond donors (Lipinski definition) is 1. The van der Waals surface area contributed by atoms with Crippen LogP contribution in [-0.4, -0.2) is 23.2 Å². The summed E-state index contributed by atoms with van der Waals surface area (Å²) in [6, 6.07) is 5.55. The van der Waals surface area contributed by atoms with Gasteiger partial charge in [-0.05, 0) is 56.4 Å². The molecule has 1 aliphatic heterocycles. The molecule has 0 radical (unpaired) electrons. The monoisotopic (exact) mass is 261 g/mol. The van der Waals surface area contributed by atoms with Crippen molar-refractivity contribution < 1.29 is 9.90 Å². The second-order valence-corrected chi connectivity index (χ2v) is 6.15. The van der Waals surface area contributed by atoms with Gasteiger partial charge in [-0.15, -0.1) is 0 Å². The van der Waals surface area contributed by atoms with Gasteiger partial charge in [0.15, 0.2) is 0 Å². The van der Waals surface area contributed by atoms with E-state index in [9.17, 15) is 4.79 Å². The zero-order valence-corrected chi connectivity index (χ0v) is 12.2. The zero-order chi connectivity index (χ0) is 14.2. The molecule has 0 amide bonds. The molecule has 0 saturated carbocycles. The molecule has 0 spiro atoms. The first-order chi connectivity index (χ1) is 8.86. The van der Waals surface area contributed by atoms with Crippen LogP contribution < -0.4 is 4.90 Å². The van der Waals surface area contributed by atoms with Crippen molar-refractivity contribution in [3.05, 3.63) is 29.3 Å². The third kappa shape index (κ3) is 2.46. The second-order valence-electron chi connectivity index (χ2n) is 6.15. The standard InChI is InChI=1S/C16H23NO2/c1-5-8-17-14-7-6-12(15(18)19)9-13(14)11(2)10-16(17,3)4/h6-7,9,11H,5,8,10H2,1-4H3,(H,18,19). The summed E-state index contributed by atoms with van der Waals surface area (Å²) in [6.07, 6.45) is 2.15. The normalized spacial score (nSPS) is 21.1. The Morgan fingerprint density at radius 2 is 2.16 bits per heavy atom. The number of nitrogens with zero attached hydrogens (tertiary/aromatic N) is 1. The Labute approximate surface area is 115 Å². The molecular formula is C16H23NO2. The molecule has 1 aromatic carbocycles. The molecule has 1 heterocycles. The summed E-state index contributed by atoms with van der Waals surface area (Å²) in [5, 5.41) is 9.13. The third-order valence-electron chi connectivity index (χ3n) is 4.08. The minimum Gasteiger partial charge on any atom is -0.478 e. The highest BCUT2D eigenvalue weighted by Crippen LogP contribution is 2.43. The van der Waals surface area contributed by atoms with Gasteiger partial charge in [-0.25, -0.2) is 4.79 Å². The van der Waals surface area contributed by atoms with Crippen molar-refractivity contribution in [2.24, 2.45) is 0 Å². The van der Waals surface area contributed by atoms with E-state index in [-0.39, 0.29) is 5.54 Å². The molecular weight excluding hydrogens is 238 g/mol. The molecule has 0 saturated heterocycles. The Hall–Kier alpha value is -1.51. The van der Waals surface area contributed by atoms with Gasteiger partial charge in [-0.3, -0.25) is 0 Å². The molecule has 1 N–H and O–H groups in total. The maximum Gasteiger partial charge on any atom is 0.335 e. The lowest BCUT2D eigenvalue weighted by Crippen LogP contribution is -2.48. The molecule has 0 fully saturated rings. The van der Waals surface area contributed by atoms with Crippen LogP contribution in [-0.2, 0) is 0 Å². The van der Waals surface area contributed by atoms with Gasteiger partial charge in [0.25, 0.3) is 0 Å². The minimum atomic E-state index is -0.845. The number of aromatic carboxylic acids is 1. The maximum absolute atomic E-state index is 11.1. The maximum atomic E-state index is 11.1. The first kappa shape index (κ1) is 13.9. The van der Waals surface area contributed by atoms with Crippen molar-refractivity contribution in [2.75, 3.05) is 11.4 Å². The quantitative estimate of drug-likeness (QED) is 0.897. The predicted octanol–water partition coefficient (Wildman–Crippen LogP) is 3.89. The van der Waals surface area contributed by atoms with Gasteiger partial charge >= 0.3 is 5.97 Å². The van der Waals surface area contributed by atoms with Crippen LogP contribution >= 0.6 is 0 Å². The lowest BCUT2D eigenvalue weighted by molar-refractivity contribution is 0.0696. The van der Waals surface area contributed by atoms with E-state index in [1.54, 1.807) is 6.07 Å². The third-order valence-corrected chi connectivity index (χ3v) is 4.08. The number of carbonyl (C=O) groups is 1. The van der Waals surface area contributed by atoms with Crippen molar-refractivity contribution in [1.29, 1.82) is 0 Å². The van der Waals surface area contributed by atoms with E-state index in [1.165, 1.54) is 11.3 Å². The van der Waals surface area contributed by atoms with E-state index >= 15 is 0 Å². The number of rotatable bonds is 3. The van der Waals surface area contributed by atoms with Gasteiger partial charge in [0, 0.05) is 17.8 Å². The summed E-state index contributed by atoms with van der Waals surface area (Å²) in [5.41, 5.74) is 2.90. The van der Waals surface area contributed by atoms with Crippen LogP contribution in [0.4, 0.5) is 5.69 Å². The van der Waals surface area contributed by atoms with E-state index < -0.39 is 5.97 Å². The summed E-state index contributed by atoms with van der Waals surface area (Å²) in [7, 11) is 0. The Bertz CT molecular complexity index is 494. The van der Waals surface area contributed by atoms with Gasteiger partial charge in [0.1, 0.15) is 0 Å². The average molecular weight is 261 g/mol. The highest BCUT2D eigenvalue weighted by molar-refractivity contribution is 5.88. The van der Waals surface area contributed by atoms with Crippen LogP contribution in [0.15, 0.2) is 18.2 Å². The molecule has 104 valence electrons. The van der Waals surface area contributed by atoms with Crippen molar-refractivity contribution in [3.63, 3.8) is 0 Å². The fraction of sp³-hybridized carbons (Fsp3) is 0.562. The molecule has 3 nitrogen and oxygen atoms in total. The smallest absolute Gasteiger partial charge is 0.335 e. The summed E-state index contributed by atoms with van der Waals surface area (Å²) in [6.45, 7) is 9.93. The lowest BCUT2D eigenvalue weighted by atomic mass is 9.79. The number of hydrogen-bond acceptors (Lipinski definition) is 2. The van der Waals surface area contributed by atoms with Gasteiger partial charge in [0.2, 0.25) is 0 Å². The molecule has 1 atom stereocenters. The van der Waals surface area contributed by atoms with Gasteiger partial charge in [-0.1, -0.05) is 13.8 Å². The molecule has 1 aliphatic rings. The molecule has 1 aromatic rings. The van der Waals surface area contributed by atoms with Gasteiger partial charge in [-0.2, -0.15) is 0 Å². The molecule has 19 heavy (non-hydrogen) atoms. The highest BCUT2D eigenvalue weighted by atomic mass is 16.4. The number of fused-ring (bicyclic) bond motifs is 1. The number of carboxylic acid groups (broad SMARTS) is 1. The highest BCUT2D eigenvalue weighted by Gasteiger charge is 2.35. The van der Waals surface area contributed by atoms with Crippen molar-refractivity contribution in [3.8, 4) is 0 Å². The Morgan fingerprint density at radius 3 is 2.74 bits per heavy atom. The summed E-state index contributed by atoms with van der Waals surface area (Å²) in [5.74, 6) is -0.445. The first-order valence-corrected chi connectivity index (χ1v) is 7.01. The molecule has 0 aliphatic carbocycles. The number of carboxylic acids is 1. The Balaban J connectivity index is 2.51. The second kappa shape index (κ2) is 4.87. The van der Waals surface area contributed by atoms with E-state index in [0.29, 0.717) is 11.5 Å².